The summed E-state index contributed by atoms with van der Waals surface area (Å²) in [4.78, 5) is 30.8. The fraction of sp³-hybridized carbons (Fsp3) is 0.304. The van der Waals surface area contributed by atoms with Crippen LogP contribution in [0.5, 0.6) is 0 Å². The van der Waals surface area contributed by atoms with Crippen LogP contribution in [0.3, 0.4) is 0 Å². The summed E-state index contributed by atoms with van der Waals surface area (Å²) in [5.74, 6) is -0.508. The van der Waals surface area contributed by atoms with Gasteiger partial charge in [0.05, 0.1) is 0 Å². The first-order valence-electron chi connectivity index (χ1n) is 10.0. The van der Waals surface area contributed by atoms with Crippen molar-refractivity contribution in [3.8, 4) is 0 Å². The highest BCUT2D eigenvalue weighted by Crippen LogP contribution is 2.27. The van der Waals surface area contributed by atoms with Gasteiger partial charge in [0.25, 0.3) is 11.8 Å². The highest BCUT2D eigenvalue weighted by Gasteiger charge is 2.32. The van der Waals surface area contributed by atoms with E-state index in [4.69, 9.17) is 0 Å². The monoisotopic (exact) mass is 425 g/mol. The molecule has 0 unspecified atom stereocenters. The summed E-state index contributed by atoms with van der Waals surface area (Å²) >= 11 is 1.63. The van der Waals surface area contributed by atoms with E-state index in [0.717, 1.165) is 10.2 Å². The van der Waals surface area contributed by atoms with Crippen molar-refractivity contribution in [1.29, 1.82) is 0 Å². The predicted molar refractivity (Wildman–Crippen MR) is 117 cm³/mol. The molecule has 0 spiro atoms. The second-order valence-corrected chi connectivity index (χ2v) is 8.39. The van der Waals surface area contributed by atoms with Gasteiger partial charge >= 0.3 is 0 Å². The quantitative estimate of drug-likeness (QED) is 0.582. The Morgan fingerprint density at radius 1 is 1.17 bits per heavy atom. The second-order valence-electron chi connectivity index (χ2n) is 7.50. The van der Waals surface area contributed by atoms with Gasteiger partial charge in [-0.3, -0.25) is 9.59 Å². The number of rotatable bonds is 4. The molecule has 0 aliphatic carbocycles. The van der Waals surface area contributed by atoms with Crippen molar-refractivity contribution < 1.29 is 14.0 Å². The van der Waals surface area contributed by atoms with Gasteiger partial charge in [-0.15, -0.1) is 11.3 Å². The lowest BCUT2D eigenvalue weighted by Gasteiger charge is -2.40. The average Bonchev–Trinajstić information content (AvgIpc) is 3.33. The van der Waals surface area contributed by atoms with Crippen molar-refractivity contribution in [2.45, 2.75) is 26.4 Å². The van der Waals surface area contributed by atoms with Crippen LogP contribution in [0, 0.1) is 5.82 Å². The molecular weight excluding hydrogens is 401 g/mol. The zero-order valence-electron chi connectivity index (χ0n) is 17.0. The van der Waals surface area contributed by atoms with Crippen molar-refractivity contribution in [2.24, 2.45) is 0 Å². The Bertz CT molecular complexity index is 1100. The van der Waals surface area contributed by atoms with E-state index in [1.807, 2.05) is 48.4 Å². The van der Waals surface area contributed by atoms with Crippen molar-refractivity contribution in [3.63, 3.8) is 0 Å². The molecule has 3 heterocycles. The van der Waals surface area contributed by atoms with Gasteiger partial charge in [-0.2, -0.15) is 0 Å². The minimum absolute atomic E-state index is 0.0105. The van der Waals surface area contributed by atoms with Crippen LogP contribution in [-0.2, 0) is 6.54 Å². The maximum atomic E-state index is 13.3. The van der Waals surface area contributed by atoms with Gasteiger partial charge in [-0.1, -0.05) is 12.2 Å². The van der Waals surface area contributed by atoms with Crippen LogP contribution in [-0.4, -0.2) is 51.9 Å². The molecule has 0 bridgehead atoms. The molecule has 0 N–H and O–H groups in total. The largest absolute Gasteiger partial charge is 0.334 e. The standard InChI is InChI=1S/C23H24FN3O2S/c1-3-4-10-27-20(14-18-9-13-30-23(18)27)22(29)25-11-12-26(16(2)15-25)21(28)17-5-7-19(24)8-6-17/h3-9,13-14,16H,10-12,15H2,1-2H3/b4-3-/t16-/m1/s1. The highest BCUT2D eigenvalue weighted by atomic mass is 32.1. The molecule has 1 saturated heterocycles. The van der Waals surface area contributed by atoms with Crippen LogP contribution < -0.4 is 0 Å². The zero-order chi connectivity index (χ0) is 21.3. The summed E-state index contributed by atoms with van der Waals surface area (Å²) in [5.41, 5.74) is 1.14. The minimum atomic E-state index is -0.365. The van der Waals surface area contributed by atoms with E-state index in [2.05, 4.69) is 4.57 Å². The number of hydrogen-bond acceptors (Lipinski definition) is 3. The van der Waals surface area contributed by atoms with Gasteiger partial charge in [0.2, 0.25) is 0 Å². The van der Waals surface area contributed by atoms with E-state index in [-0.39, 0.29) is 23.7 Å². The first-order chi connectivity index (χ1) is 14.5. The molecule has 3 aromatic rings. The highest BCUT2D eigenvalue weighted by molar-refractivity contribution is 7.16. The third-order valence-electron chi connectivity index (χ3n) is 5.51. The van der Waals surface area contributed by atoms with E-state index >= 15 is 0 Å². The number of piperazine rings is 1. The average molecular weight is 426 g/mol. The molecule has 0 radical (unpaired) electrons. The molecular formula is C23H24FN3O2S. The van der Waals surface area contributed by atoms with Gasteiger partial charge in [0.1, 0.15) is 16.3 Å². The lowest BCUT2D eigenvalue weighted by atomic mass is 10.1. The van der Waals surface area contributed by atoms with Crippen LogP contribution in [0.1, 0.15) is 34.7 Å². The number of allylic oxidation sites excluding steroid dienone is 2. The second kappa shape index (κ2) is 8.44. The van der Waals surface area contributed by atoms with Crippen molar-refractivity contribution >= 4 is 33.4 Å². The molecule has 2 amide bonds. The van der Waals surface area contributed by atoms with Crippen molar-refractivity contribution in [1.82, 2.24) is 14.4 Å². The number of thiophene rings is 1. The number of amides is 2. The lowest BCUT2D eigenvalue weighted by Crippen LogP contribution is -2.55. The molecule has 1 atom stereocenters. The summed E-state index contributed by atoms with van der Waals surface area (Å²) in [5, 5.41) is 3.11. The number of halogens is 1. The Morgan fingerprint density at radius 2 is 1.93 bits per heavy atom. The zero-order valence-corrected chi connectivity index (χ0v) is 17.9. The van der Waals surface area contributed by atoms with Crippen molar-refractivity contribution in [3.05, 3.63) is 71.0 Å². The number of benzene rings is 1. The molecule has 0 saturated carbocycles. The first kappa shape index (κ1) is 20.3. The summed E-state index contributed by atoms with van der Waals surface area (Å²) in [7, 11) is 0. The third kappa shape index (κ3) is 3.77. The van der Waals surface area contributed by atoms with Gasteiger partial charge < -0.3 is 14.4 Å². The topological polar surface area (TPSA) is 45.6 Å². The lowest BCUT2D eigenvalue weighted by molar-refractivity contribution is 0.0409. The Morgan fingerprint density at radius 3 is 2.63 bits per heavy atom. The summed E-state index contributed by atoms with van der Waals surface area (Å²) in [6.07, 6.45) is 4.02. The number of carbonyl (C=O) groups is 2. The molecule has 156 valence electrons. The maximum absolute atomic E-state index is 13.3. The minimum Gasteiger partial charge on any atom is -0.334 e. The summed E-state index contributed by atoms with van der Waals surface area (Å²) < 4.78 is 15.2. The summed E-state index contributed by atoms with van der Waals surface area (Å²) in [6, 6.07) is 9.46. The first-order valence-corrected chi connectivity index (χ1v) is 10.9. The number of nitrogens with zero attached hydrogens (tertiary/aromatic N) is 3. The molecule has 4 rings (SSSR count). The number of carbonyl (C=O) groups excluding carboxylic acids is 2. The molecule has 1 aromatic carbocycles. The molecule has 1 fully saturated rings. The van der Waals surface area contributed by atoms with Crippen LogP contribution in [0.2, 0.25) is 0 Å². The van der Waals surface area contributed by atoms with Gasteiger partial charge in [0.15, 0.2) is 0 Å². The molecule has 1 aliphatic rings. The molecule has 2 aromatic heterocycles. The van der Waals surface area contributed by atoms with Crippen molar-refractivity contribution in [2.75, 3.05) is 19.6 Å². The smallest absolute Gasteiger partial charge is 0.270 e. The fourth-order valence-corrected chi connectivity index (χ4v) is 4.82. The van der Waals surface area contributed by atoms with Gasteiger partial charge in [-0.25, -0.2) is 4.39 Å². The van der Waals surface area contributed by atoms with E-state index in [9.17, 15) is 14.0 Å². The maximum Gasteiger partial charge on any atom is 0.270 e. The van der Waals surface area contributed by atoms with Gasteiger partial charge in [0, 0.05) is 43.2 Å². The third-order valence-corrected chi connectivity index (χ3v) is 6.46. The Kier molecular flexibility index (Phi) is 5.72. The normalized spacial score (nSPS) is 17.2. The van der Waals surface area contributed by atoms with Crippen LogP contribution in [0.4, 0.5) is 4.39 Å². The molecule has 7 heteroatoms. The Hall–Kier alpha value is -2.93. The SMILES string of the molecule is C/C=C\Cn1c(C(=O)N2CCN(C(=O)c3ccc(F)cc3)[C@H](C)C2)cc2ccsc21. The van der Waals surface area contributed by atoms with Crippen LogP contribution in [0.25, 0.3) is 10.2 Å². The molecule has 30 heavy (non-hydrogen) atoms. The van der Waals surface area contributed by atoms with Crippen LogP contribution >= 0.6 is 11.3 Å². The molecule has 5 nitrogen and oxygen atoms in total. The predicted octanol–water partition coefficient (Wildman–Crippen LogP) is 4.40. The van der Waals surface area contributed by atoms with Crippen LogP contribution in [0.15, 0.2) is 53.9 Å². The number of fused-ring (bicyclic) bond motifs is 1. The summed E-state index contributed by atoms with van der Waals surface area (Å²) in [6.45, 7) is 5.95. The van der Waals surface area contributed by atoms with E-state index in [1.165, 1.54) is 24.3 Å². The van der Waals surface area contributed by atoms with Gasteiger partial charge in [-0.05, 0) is 55.6 Å². The Labute approximate surface area is 179 Å². The van der Waals surface area contributed by atoms with E-state index in [0.29, 0.717) is 37.4 Å². The number of aromatic nitrogens is 1. The van der Waals surface area contributed by atoms with E-state index in [1.54, 1.807) is 16.2 Å². The fourth-order valence-electron chi connectivity index (χ4n) is 3.91. The van der Waals surface area contributed by atoms with E-state index < -0.39 is 0 Å². The number of hydrogen-bond donors (Lipinski definition) is 0. The Balaban J connectivity index is 1.51. The molecule has 1 aliphatic heterocycles.